The zero-order chi connectivity index (χ0) is 18.6. The molecular weight excluding hydrogens is 348 g/mol. The molecule has 2 heterocycles. The summed E-state index contributed by atoms with van der Waals surface area (Å²) in [6.07, 6.45) is 5.70. The van der Waals surface area contributed by atoms with Crippen molar-refractivity contribution in [2.75, 3.05) is 13.2 Å². The second-order valence-electron chi connectivity index (χ2n) is 7.39. The van der Waals surface area contributed by atoms with Gasteiger partial charge in [-0.15, -0.1) is 0 Å². The maximum atomic E-state index is 12.9. The number of morpholine rings is 1. The Hall–Kier alpha value is -1.91. The van der Waals surface area contributed by atoms with Gasteiger partial charge in [-0.05, 0) is 56.0 Å². The molecule has 1 atom stereocenters. The van der Waals surface area contributed by atoms with E-state index in [-0.39, 0.29) is 17.6 Å². The van der Waals surface area contributed by atoms with Gasteiger partial charge >= 0.3 is 0 Å². The zero-order valence-electron chi connectivity index (χ0n) is 15.3. The molecule has 1 fully saturated rings. The van der Waals surface area contributed by atoms with E-state index in [9.17, 15) is 4.79 Å². The number of aryl methyl sites for hydroxylation is 1. The SMILES string of the molecule is CC1(C)COC(c2cccc(Cl)c2)CN1C(=O)CCCc1cccnc1. The lowest BCUT2D eigenvalue weighted by molar-refractivity contribution is -0.155. The van der Waals surface area contributed by atoms with Crippen LogP contribution in [0, 0.1) is 0 Å². The molecule has 0 bridgehead atoms. The molecule has 1 aromatic heterocycles. The van der Waals surface area contributed by atoms with Crippen LogP contribution >= 0.6 is 11.6 Å². The van der Waals surface area contributed by atoms with Crippen molar-refractivity contribution in [2.45, 2.75) is 44.8 Å². The number of carbonyl (C=O) groups is 1. The molecule has 138 valence electrons. The number of hydrogen-bond acceptors (Lipinski definition) is 3. The molecule has 0 N–H and O–H groups in total. The molecule has 2 aromatic rings. The van der Waals surface area contributed by atoms with Gasteiger partial charge in [-0.2, -0.15) is 0 Å². The number of nitrogens with zero attached hydrogens (tertiary/aromatic N) is 2. The number of ether oxygens (including phenoxy) is 1. The van der Waals surface area contributed by atoms with Crippen LogP contribution in [0.5, 0.6) is 0 Å². The molecule has 1 aliphatic heterocycles. The Morgan fingerprint density at radius 3 is 2.92 bits per heavy atom. The number of halogens is 1. The standard InChI is InChI=1S/C21H25ClN2O2/c1-21(2)15-26-19(17-8-4-9-18(22)12-17)14-24(21)20(25)10-3-6-16-7-5-11-23-13-16/h4-5,7-9,11-13,19H,3,6,10,14-15H2,1-2H3. The first kappa shape index (κ1) is 18.9. The van der Waals surface area contributed by atoms with Crippen molar-refractivity contribution >= 4 is 17.5 Å². The van der Waals surface area contributed by atoms with Gasteiger partial charge in [0.2, 0.25) is 5.91 Å². The highest BCUT2D eigenvalue weighted by Crippen LogP contribution is 2.32. The van der Waals surface area contributed by atoms with Crippen molar-refractivity contribution in [3.63, 3.8) is 0 Å². The predicted octanol–water partition coefficient (Wildman–Crippen LogP) is 4.44. The summed E-state index contributed by atoms with van der Waals surface area (Å²) in [7, 11) is 0. The summed E-state index contributed by atoms with van der Waals surface area (Å²) >= 11 is 6.10. The van der Waals surface area contributed by atoms with E-state index in [0.717, 1.165) is 18.4 Å². The molecule has 3 rings (SSSR count). The van der Waals surface area contributed by atoms with Crippen LogP contribution < -0.4 is 0 Å². The number of aromatic nitrogens is 1. The third-order valence-electron chi connectivity index (χ3n) is 4.82. The van der Waals surface area contributed by atoms with Gasteiger partial charge in [0.25, 0.3) is 0 Å². The summed E-state index contributed by atoms with van der Waals surface area (Å²) in [5.41, 5.74) is 1.87. The lowest BCUT2D eigenvalue weighted by Gasteiger charge is -2.45. The highest BCUT2D eigenvalue weighted by Gasteiger charge is 2.38. The van der Waals surface area contributed by atoms with Crippen LogP contribution in [0.25, 0.3) is 0 Å². The van der Waals surface area contributed by atoms with E-state index in [2.05, 4.69) is 18.8 Å². The summed E-state index contributed by atoms with van der Waals surface area (Å²) in [6, 6.07) is 11.7. The molecule has 0 spiro atoms. The van der Waals surface area contributed by atoms with Crippen molar-refractivity contribution in [1.82, 2.24) is 9.88 Å². The van der Waals surface area contributed by atoms with E-state index in [1.54, 1.807) is 6.20 Å². The topological polar surface area (TPSA) is 42.4 Å². The molecule has 26 heavy (non-hydrogen) atoms. The van der Waals surface area contributed by atoms with E-state index in [1.165, 1.54) is 5.56 Å². The average molecular weight is 373 g/mol. The molecule has 4 nitrogen and oxygen atoms in total. The molecule has 1 saturated heterocycles. The summed E-state index contributed by atoms with van der Waals surface area (Å²) in [4.78, 5) is 19.0. The fraction of sp³-hybridized carbons (Fsp3) is 0.429. The van der Waals surface area contributed by atoms with E-state index >= 15 is 0 Å². The maximum absolute atomic E-state index is 12.9. The highest BCUT2D eigenvalue weighted by molar-refractivity contribution is 6.30. The Bertz CT molecular complexity index is 749. The Balaban J connectivity index is 1.62. The molecule has 1 aromatic carbocycles. The van der Waals surface area contributed by atoms with Crippen molar-refractivity contribution in [2.24, 2.45) is 0 Å². The van der Waals surface area contributed by atoms with Crippen molar-refractivity contribution in [3.8, 4) is 0 Å². The average Bonchev–Trinajstić information content (AvgIpc) is 2.62. The normalized spacial score (nSPS) is 19.3. The van der Waals surface area contributed by atoms with Gasteiger partial charge in [-0.1, -0.05) is 29.8 Å². The molecule has 0 saturated carbocycles. The van der Waals surface area contributed by atoms with Gasteiger partial charge in [-0.25, -0.2) is 0 Å². The second kappa shape index (κ2) is 8.19. The van der Waals surface area contributed by atoms with E-state index < -0.39 is 0 Å². The van der Waals surface area contributed by atoms with Gasteiger partial charge < -0.3 is 9.64 Å². The number of hydrogen-bond donors (Lipinski definition) is 0. The Labute approximate surface area is 160 Å². The molecule has 5 heteroatoms. The van der Waals surface area contributed by atoms with Crippen LogP contribution in [0.15, 0.2) is 48.8 Å². The Morgan fingerprint density at radius 1 is 1.35 bits per heavy atom. The highest BCUT2D eigenvalue weighted by atomic mass is 35.5. The third-order valence-corrected chi connectivity index (χ3v) is 5.05. The lowest BCUT2D eigenvalue weighted by Crippen LogP contribution is -2.56. The minimum absolute atomic E-state index is 0.135. The van der Waals surface area contributed by atoms with Gasteiger partial charge in [-0.3, -0.25) is 9.78 Å². The molecule has 1 unspecified atom stereocenters. The van der Waals surface area contributed by atoms with Crippen molar-refractivity contribution in [3.05, 3.63) is 64.9 Å². The first-order valence-electron chi connectivity index (χ1n) is 9.02. The fourth-order valence-electron chi connectivity index (χ4n) is 3.32. The quantitative estimate of drug-likeness (QED) is 0.779. The Morgan fingerprint density at radius 2 is 2.19 bits per heavy atom. The van der Waals surface area contributed by atoms with Crippen molar-refractivity contribution < 1.29 is 9.53 Å². The predicted molar refractivity (Wildman–Crippen MR) is 103 cm³/mol. The molecule has 0 aliphatic carbocycles. The van der Waals surface area contributed by atoms with Gasteiger partial charge in [0.05, 0.1) is 18.7 Å². The fourth-order valence-corrected chi connectivity index (χ4v) is 3.52. The van der Waals surface area contributed by atoms with Crippen LogP contribution in [0.2, 0.25) is 5.02 Å². The number of benzene rings is 1. The van der Waals surface area contributed by atoms with E-state index in [1.807, 2.05) is 47.5 Å². The maximum Gasteiger partial charge on any atom is 0.223 e. The first-order chi connectivity index (χ1) is 12.5. The molecule has 1 aliphatic rings. The zero-order valence-corrected chi connectivity index (χ0v) is 16.1. The van der Waals surface area contributed by atoms with Gasteiger partial charge in [0.15, 0.2) is 0 Å². The van der Waals surface area contributed by atoms with E-state index in [4.69, 9.17) is 16.3 Å². The first-order valence-corrected chi connectivity index (χ1v) is 9.40. The third kappa shape index (κ3) is 4.63. The number of rotatable bonds is 5. The minimum Gasteiger partial charge on any atom is -0.369 e. The summed E-state index contributed by atoms with van der Waals surface area (Å²) in [5.74, 6) is 0.175. The van der Waals surface area contributed by atoms with Crippen LogP contribution in [-0.2, 0) is 16.0 Å². The van der Waals surface area contributed by atoms with Crippen LogP contribution in [0.1, 0.15) is 43.9 Å². The van der Waals surface area contributed by atoms with Crippen LogP contribution in [0.3, 0.4) is 0 Å². The summed E-state index contributed by atoms with van der Waals surface area (Å²) in [5, 5.41) is 0.685. The van der Waals surface area contributed by atoms with Crippen LogP contribution in [0.4, 0.5) is 0 Å². The number of amides is 1. The summed E-state index contributed by atoms with van der Waals surface area (Å²) in [6.45, 7) is 5.18. The van der Waals surface area contributed by atoms with E-state index in [0.29, 0.717) is 24.6 Å². The molecule has 1 amide bonds. The number of carbonyl (C=O) groups excluding carboxylic acids is 1. The van der Waals surface area contributed by atoms with Gasteiger partial charge in [0, 0.05) is 23.8 Å². The van der Waals surface area contributed by atoms with Crippen LogP contribution in [-0.4, -0.2) is 34.5 Å². The lowest BCUT2D eigenvalue weighted by atomic mass is 9.97. The number of pyridine rings is 1. The Kier molecular flexibility index (Phi) is 5.94. The molecular formula is C21H25ClN2O2. The second-order valence-corrected chi connectivity index (χ2v) is 7.82. The largest absolute Gasteiger partial charge is 0.369 e. The summed E-state index contributed by atoms with van der Waals surface area (Å²) < 4.78 is 6.03. The smallest absolute Gasteiger partial charge is 0.223 e. The molecule has 0 radical (unpaired) electrons. The minimum atomic E-state index is -0.305. The van der Waals surface area contributed by atoms with Gasteiger partial charge in [0.1, 0.15) is 6.10 Å². The van der Waals surface area contributed by atoms with Crippen molar-refractivity contribution in [1.29, 1.82) is 0 Å². The monoisotopic (exact) mass is 372 g/mol.